The van der Waals surface area contributed by atoms with Crippen LogP contribution in [0, 0.1) is 5.41 Å². The maximum atomic E-state index is 12.7. The minimum atomic E-state index is -0.640. The number of carbonyl (C=O) groups excluding carboxylic acids is 1. The van der Waals surface area contributed by atoms with Crippen molar-refractivity contribution in [2.75, 3.05) is 32.8 Å². The van der Waals surface area contributed by atoms with Crippen molar-refractivity contribution >= 4 is 5.91 Å². The Morgan fingerprint density at radius 2 is 2.00 bits per heavy atom. The van der Waals surface area contributed by atoms with Gasteiger partial charge in [-0.1, -0.05) is 19.3 Å². The smallest absolute Gasteiger partial charge is 0.255 e. The summed E-state index contributed by atoms with van der Waals surface area (Å²) in [4.78, 5) is 14.8. The van der Waals surface area contributed by atoms with Crippen molar-refractivity contribution < 1.29 is 9.53 Å². The molecule has 2 aliphatic heterocycles. The van der Waals surface area contributed by atoms with E-state index in [9.17, 15) is 4.79 Å². The number of likely N-dealkylation sites (tertiary alicyclic amines) is 1. The Hall–Kier alpha value is -0.610. The van der Waals surface area contributed by atoms with E-state index in [1.807, 2.05) is 6.92 Å². The van der Waals surface area contributed by atoms with E-state index >= 15 is 0 Å². The predicted octanol–water partition coefficient (Wildman–Crippen LogP) is 1.55. The summed E-state index contributed by atoms with van der Waals surface area (Å²) >= 11 is 0. The number of morpholine rings is 1. The monoisotopic (exact) mass is 266 g/mol. The topological polar surface area (TPSA) is 41.6 Å². The molecular weight excluding hydrogens is 240 g/mol. The second-order valence-electron chi connectivity index (χ2n) is 6.79. The van der Waals surface area contributed by atoms with E-state index in [2.05, 4.69) is 10.2 Å². The van der Waals surface area contributed by atoms with Gasteiger partial charge in [0.25, 0.3) is 5.91 Å². The van der Waals surface area contributed by atoms with Crippen LogP contribution in [0.3, 0.4) is 0 Å². The van der Waals surface area contributed by atoms with Crippen LogP contribution >= 0.6 is 0 Å². The van der Waals surface area contributed by atoms with Gasteiger partial charge in [0, 0.05) is 26.2 Å². The van der Waals surface area contributed by atoms with Gasteiger partial charge in [-0.15, -0.1) is 0 Å². The molecule has 0 aromatic heterocycles. The van der Waals surface area contributed by atoms with E-state index in [4.69, 9.17) is 4.74 Å². The highest BCUT2D eigenvalue weighted by Gasteiger charge is 2.46. The highest BCUT2D eigenvalue weighted by atomic mass is 16.5. The fraction of sp³-hybridized carbons (Fsp3) is 0.933. The molecule has 1 amide bonds. The van der Waals surface area contributed by atoms with Crippen LogP contribution in [0.5, 0.6) is 0 Å². The third-order valence-electron chi connectivity index (χ3n) is 5.25. The molecule has 1 N–H and O–H groups in total. The van der Waals surface area contributed by atoms with E-state index in [-0.39, 0.29) is 5.91 Å². The molecule has 3 aliphatic rings. The number of hydrogen-bond acceptors (Lipinski definition) is 3. The lowest BCUT2D eigenvalue weighted by Crippen LogP contribution is -2.57. The maximum absolute atomic E-state index is 12.7. The first-order valence-electron chi connectivity index (χ1n) is 7.78. The van der Waals surface area contributed by atoms with Crippen molar-refractivity contribution in [1.29, 1.82) is 0 Å². The highest BCUT2D eigenvalue weighted by Crippen LogP contribution is 2.44. The van der Waals surface area contributed by atoms with Crippen molar-refractivity contribution in [3.05, 3.63) is 0 Å². The minimum Gasteiger partial charge on any atom is -0.363 e. The standard InChI is InChI=1S/C15H26N2O2/c1-14(11-16-8-10-19-14)13(18)17-9-7-15(12-17)5-3-2-4-6-15/h16H,2-12H2,1H3. The summed E-state index contributed by atoms with van der Waals surface area (Å²) in [5.41, 5.74) is -0.204. The zero-order valence-corrected chi connectivity index (χ0v) is 12.0. The molecule has 2 heterocycles. The van der Waals surface area contributed by atoms with Crippen LogP contribution in [0.1, 0.15) is 45.4 Å². The van der Waals surface area contributed by atoms with Crippen LogP contribution in [-0.4, -0.2) is 49.2 Å². The third-order valence-corrected chi connectivity index (χ3v) is 5.25. The number of nitrogens with zero attached hydrogens (tertiary/aromatic N) is 1. The van der Waals surface area contributed by atoms with Gasteiger partial charge in [0.2, 0.25) is 0 Å². The zero-order chi connectivity index (χ0) is 13.3. The Morgan fingerprint density at radius 1 is 1.21 bits per heavy atom. The first-order valence-corrected chi connectivity index (χ1v) is 7.78. The molecule has 2 saturated heterocycles. The summed E-state index contributed by atoms with van der Waals surface area (Å²) in [6, 6.07) is 0. The predicted molar refractivity (Wildman–Crippen MR) is 73.9 cm³/mol. The summed E-state index contributed by atoms with van der Waals surface area (Å²) < 4.78 is 5.76. The van der Waals surface area contributed by atoms with E-state index in [1.165, 1.54) is 38.5 Å². The summed E-state index contributed by atoms with van der Waals surface area (Å²) in [6.07, 6.45) is 7.89. The summed E-state index contributed by atoms with van der Waals surface area (Å²) in [7, 11) is 0. The van der Waals surface area contributed by atoms with E-state index in [1.54, 1.807) is 0 Å². The lowest BCUT2D eigenvalue weighted by atomic mass is 9.73. The molecule has 1 saturated carbocycles. The average molecular weight is 266 g/mol. The van der Waals surface area contributed by atoms with Crippen molar-refractivity contribution in [1.82, 2.24) is 10.2 Å². The fourth-order valence-corrected chi connectivity index (χ4v) is 4.02. The van der Waals surface area contributed by atoms with Crippen LogP contribution in [0.15, 0.2) is 0 Å². The van der Waals surface area contributed by atoms with Gasteiger partial charge in [0.15, 0.2) is 5.60 Å². The molecule has 1 spiro atoms. The van der Waals surface area contributed by atoms with Gasteiger partial charge in [-0.25, -0.2) is 0 Å². The molecule has 4 nitrogen and oxygen atoms in total. The number of hydrogen-bond donors (Lipinski definition) is 1. The van der Waals surface area contributed by atoms with Gasteiger partial charge >= 0.3 is 0 Å². The van der Waals surface area contributed by atoms with Gasteiger partial charge in [-0.3, -0.25) is 4.79 Å². The molecular formula is C15H26N2O2. The normalized spacial score (nSPS) is 34.7. The van der Waals surface area contributed by atoms with Gasteiger partial charge in [-0.2, -0.15) is 0 Å². The Balaban J connectivity index is 1.65. The van der Waals surface area contributed by atoms with E-state index < -0.39 is 5.60 Å². The Morgan fingerprint density at radius 3 is 2.68 bits per heavy atom. The van der Waals surface area contributed by atoms with Crippen LogP contribution in [-0.2, 0) is 9.53 Å². The molecule has 1 unspecified atom stereocenters. The second-order valence-corrected chi connectivity index (χ2v) is 6.79. The summed E-state index contributed by atoms with van der Waals surface area (Å²) in [6.45, 7) is 5.97. The first-order chi connectivity index (χ1) is 9.14. The van der Waals surface area contributed by atoms with E-state index in [0.717, 1.165) is 19.6 Å². The Bertz CT molecular complexity index is 344. The van der Waals surface area contributed by atoms with Gasteiger partial charge in [-0.05, 0) is 31.6 Å². The van der Waals surface area contributed by atoms with E-state index in [0.29, 0.717) is 18.6 Å². The number of ether oxygens (including phenoxy) is 1. The molecule has 0 radical (unpaired) electrons. The fourth-order valence-electron chi connectivity index (χ4n) is 4.02. The second kappa shape index (κ2) is 5.06. The lowest BCUT2D eigenvalue weighted by Gasteiger charge is -2.37. The molecule has 1 aliphatic carbocycles. The summed E-state index contributed by atoms with van der Waals surface area (Å²) in [5, 5.41) is 3.28. The molecule has 0 aromatic rings. The van der Waals surface area contributed by atoms with Gasteiger partial charge < -0.3 is 15.0 Å². The van der Waals surface area contributed by atoms with Crippen LogP contribution in [0.25, 0.3) is 0 Å². The molecule has 4 heteroatoms. The maximum Gasteiger partial charge on any atom is 0.255 e. The van der Waals surface area contributed by atoms with Crippen molar-refractivity contribution in [2.45, 2.75) is 51.0 Å². The molecule has 3 rings (SSSR count). The SMILES string of the molecule is CC1(C(=O)N2CCC3(CCCCC3)C2)CNCCO1. The number of rotatable bonds is 1. The number of carbonyl (C=O) groups is 1. The molecule has 3 fully saturated rings. The Labute approximate surface area is 115 Å². The molecule has 19 heavy (non-hydrogen) atoms. The van der Waals surface area contributed by atoms with Gasteiger partial charge in [0.1, 0.15) is 0 Å². The largest absolute Gasteiger partial charge is 0.363 e. The van der Waals surface area contributed by atoms with Crippen molar-refractivity contribution in [3.8, 4) is 0 Å². The number of nitrogens with one attached hydrogen (secondary N) is 1. The van der Waals surface area contributed by atoms with Crippen LogP contribution in [0.4, 0.5) is 0 Å². The molecule has 0 bridgehead atoms. The molecule has 108 valence electrons. The Kier molecular flexibility index (Phi) is 3.56. The number of amides is 1. The van der Waals surface area contributed by atoms with Crippen LogP contribution in [0.2, 0.25) is 0 Å². The molecule has 0 aromatic carbocycles. The third kappa shape index (κ3) is 2.52. The quantitative estimate of drug-likeness (QED) is 0.783. The summed E-state index contributed by atoms with van der Waals surface area (Å²) in [5.74, 6) is 0.196. The lowest BCUT2D eigenvalue weighted by molar-refractivity contribution is -0.158. The van der Waals surface area contributed by atoms with Crippen molar-refractivity contribution in [3.63, 3.8) is 0 Å². The van der Waals surface area contributed by atoms with Gasteiger partial charge in [0.05, 0.1) is 6.61 Å². The first kappa shape index (κ1) is 13.4. The van der Waals surface area contributed by atoms with Crippen molar-refractivity contribution in [2.24, 2.45) is 5.41 Å². The van der Waals surface area contributed by atoms with Crippen LogP contribution < -0.4 is 5.32 Å². The minimum absolute atomic E-state index is 0.196. The molecule has 1 atom stereocenters. The zero-order valence-electron chi connectivity index (χ0n) is 12.0. The highest BCUT2D eigenvalue weighted by molar-refractivity contribution is 5.85. The average Bonchev–Trinajstić information content (AvgIpc) is 2.83.